The van der Waals surface area contributed by atoms with Crippen molar-refractivity contribution in [1.82, 2.24) is 10.2 Å². The topological polar surface area (TPSA) is 61.6 Å². The Bertz CT molecular complexity index is 497. The molecule has 4 nitrogen and oxygen atoms in total. The van der Waals surface area contributed by atoms with Gasteiger partial charge in [0.25, 0.3) is 0 Å². The fourth-order valence-corrected chi connectivity index (χ4v) is 2.19. The Morgan fingerprint density at radius 1 is 1.25 bits per heavy atom. The van der Waals surface area contributed by atoms with Gasteiger partial charge in [-0.15, -0.1) is 5.10 Å². The molecule has 0 radical (unpaired) electrons. The molecule has 0 aliphatic rings. The first-order valence-electron chi connectivity index (χ1n) is 6.16. The van der Waals surface area contributed by atoms with Gasteiger partial charge in [0.05, 0.1) is 5.69 Å². The van der Waals surface area contributed by atoms with E-state index in [1.54, 1.807) is 0 Å². The van der Waals surface area contributed by atoms with Crippen LogP contribution in [0.5, 0.6) is 0 Å². The Hall–Kier alpha value is -1.49. The molecular formula is C12H15F3N4S. The number of aromatic nitrogens is 2. The summed E-state index contributed by atoms with van der Waals surface area (Å²) in [4.78, 5) is 0. The van der Waals surface area contributed by atoms with Gasteiger partial charge in [-0.2, -0.15) is 23.5 Å². The van der Waals surface area contributed by atoms with Crippen LogP contribution in [0.2, 0.25) is 0 Å². The van der Waals surface area contributed by atoms with E-state index in [-0.39, 0.29) is 29.9 Å². The van der Waals surface area contributed by atoms with Crippen molar-refractivity contribution >= 4 is 17.6 Å². The predicted octanol–water partition coefficient (Wildman–Crippen LogP) is 3.14. The van der Waals surface area contributed by atoms with Crippen molar-refractivity contribution in [3.05, 3.63) is 16.8 Å². The Morgan fingerprint density at radius 2 is 1.95 bits per heavy atom. The maximum absolute atomic E-state index is 12.0. The van der Waals surface area contributed by atoms with E-state index < -0.39 is 5.51 Å². The second kappa shape index (κ2) is 7.33. The van der Waals surface area contributed by atoms with Crippen LogP contribution in [-0.2, 0) is 12.8 Å². The van der Waals surface area contributed by atoms with Gasteiger partial charge in [0.15, 0.2) is 5.82 Å². The highest BCUT2D eigenvalue weighted by molar-refractivity contribution is 8.00. The van der Waals surface area contributed by atoms with E-state index in [9.17, 15) is 18.4 Å². The first kappa shape index (κ1) is 16.6. The summed E-state index contributed by atoms with van der Waals surface area (Å²) in [6.07, 6.45) is 1.29. The van der Waals surface area contributed by atoms with E-state index in [0.717, 1.165) is 11.3 Å². The van der Waals surface area contributed by atoms with Gasteiger partial charge in [0.1, 0.15) is 11.6 Å². The first-order valence-corrected chi connectivity index (χ1v) is 7.14. The lowest BCUT2D eigenvalue weighted by molar-refractivity contribution is -0.0327. The Labute approximate surface area is 119 Å². The van der Waals surface area contributed by atoms with Crippen LogP contribution in [0.4, 0.5) is 19.0 Å². The van der Waals surface area contributed by atoms with Crippen molar-refractivity contribution in [3.8, 4) is 6.07 Å². The van der Waals surface area contributed by atoms with E-state index in [4.69, 9.17) is 0 Å². The third-order valence-corrected chi connectivity index (χ3v) is 3.35. The average molecular weight is 304 g/mol. The van der Waals surface area contributed by atoms with Crippen molar-refractivity contribution in [2.75, 3.05) is 17.6 Å². The molecule has 8 heteroatoms. The molecule has 0 amide bonds. The standard InChI is InChI=1S/C12H15F3N4S/c1-3-8-9(7-16)11(19-18-10(8)4-2)17-5-6-20-12(13,14)15/h3-6H2,1-2H3,(H,17,19). The van der Waals surface area contributed by atoms with Crippen LogP contribution in [0.3, 0.4) is 0 Å². The van der Waals surface area contributed by atoms with Crippen molar-refractivity contribution in [1.29, 1.82) is 5.26 Å². The van der Waals surface area contributed by atoms with Gasteiger partial charge in [-0.3, -0.25) is 0 Å². The second-order valence-corrected chi connectivity index (χ2v) is 5.05. The Balaban J connectivity index is 2.79. The number of aryl methyl sites for hydroxylation is 1. The SMILES string of the molecule is CCc1nnc(NCCSC(F)(F)F)c(C#N)c1CC. The quantitative estimate of drug-likeness (QED) is 0.818. The van der Waals surface area contributed by atoms with Crippen LogP contribution in [0.15, 0.2) is 0 Å². The minimum absolute atomic E-state index is 0.0716. The lowest BCUT2D eigenvalue weighted by atomic mass is 10.0. The number of thioether (sulfide) groups is 1. The molecule has 0 aromatic carbocycles. The number of nitriles is 1. The average Bonchev–Trinajstić information content (AvgIpc) is 2.41. The lowest BCUT2D eigenvalue weighted by Crippen LogP contribution is -2.14. The van der Waals surface area contributed by atoms with Crippen LogP contribution in [-0.4, -0.2) is 28.0 Å². The van der Waals surface area contributed by atoms with Crippen LogP contribution in [0, 0.1) is 11.3 Å². The highest BCUT2D eigenvalue weighted by Crippen LogP contribution is 2.29. The molecule has 0 unspecified atom stereocenters. The summed E-state index contributed by atoms with van der Waals surface area (Å²) in [5, 5.41) is 19.8. The van der Waals surface area contributed by atoms with Crippen LogP contribution < -0.4 is 5.32 Å². The van der Waals surface area contributed by atoms with Crippen LogP contribution in [0.1, 0.15) is 30.7 Å². The van der Waals surface area contributed by atoms with Gasteiger partial charge in [0, 0.05) is 12.3 Å². The van der Waals surface area contributed by atoms with Crippen LogP contribution >= 0.6 is 11.8 Å². The third kappa shape index (κ3) is 4.56. The molecule has 0 aliphatic carbocycles. The molecule has 20 heavy (non-hydrogen) atoms. The first-order chi connectivity index (χ1) is 9.42. The fourth-order valence-electron chi connectivity index (χ4n) is 1.75. The summed E-state index contributed by atoms with van der Waals surface area (Å²) in [5.41, 5.74) is -2.32. The monoisotopic (exact) mass is 304 g/mol. The highest BCUT2D eigenvalue weighted by Gasteiger charge is 2.27. The fraction of sp³-hybridized carbons (Fsp3) is 0.583. The summed E-state index contributed by atoms with van der Waals surface area (Å²) >= 11 is -0.110. The van der Waals surface area contributed by atoms with E-state index in [2.05, 4.69) is 21.6 Å². The maximum Gasteiger partial charge on any atom is 0.441 e. The molecule has 0 saturated heterocycles. The molecule has 0 aliphatic heterocycles. The summed E-state index contributed by atoms with van der Waals surface area (Å²) in [6.45, 7) is 3.89. The normalized spacial score (nSPS) is 11.2. The number of nitrogens with zero attached hydrogens (tertiary/aromatic N) is 3. The lowest BCUT2D eigenvalue weighted by Gasteiger charge is -2.12. The van der Waals surface area contributed by atoms with E-state index in [1.807, 2.05) is 13.8 Å². The molecule has 1 rings (SSSR count). The van der Waals surface area contributed by atoms with E-state index in [0.29, 0.717) is 18.4 Å². The molecule has 110 valence electrons. The molecule has 0 fully saturated rings. The van der Waals surface area contributed by atoms with Gasteiger partial charge in [0.2, 0.25) is 0 Å². The number of hydrogen-bond donors (Lipinski definition) is 1. The van der Waals surface area contributed by atoms with E-state index >= 15 is 0 Å². The van der Waals surface area contributed by atoms with Crippen molar-refractivity contribution in [3.63, 3.8) is 0 Å². The summed E-state index contributed by atoms with van der Waals surface area (Å²) in [5.74, 6) is 0.108. The Morgan fingerprint density at radius 3 is 2.45 bits per heavy atom. The number of hydrogen-bond acceptors (Lipinski definition) is 5. The molecule has 0 atom stereocenters. The maximum atomic E-state index is 12.0. The summed E-state index contributed by atoms with van der Waals surface area (Å²) < 4.78 is 36.0. The minimum atomic E-state index is -4.24. The molecule has 1 aromatic heterocycles. The molecule has 1 aromatic rings. The second-order valence-electron chi connectivity index (χ2n) is 3.89. The number of rotatable bonds is 6. The van der Waals surface area contributed by atoms with Gasteiger partial charge in [-0.1, -0.05) is 13.8 Å². The smallest absolute Gasteiger partial charge is 0.367 e. The third-order valence-electron chi connectivity index (χ3n) is 2.62. The molecular weight excluding hydrogens is 289 g/mol. The summed E-state index contributed by atoms with van der Waals surface area (Å²) in [6, 6.07) is 2.05. The predicted molar refractivity (Wildman–Crippen MR) is 72.5 cm³/mol. The molecule has 1 N–H and O–H groups in total. The van der Waals surface area contributed by atoms with Crippen molar-refractivity contribution in [2.45, 2.75) is 32.2 Å². The molecule has 0 saturated carbocycles. The van der Waals surface area contributed by atoms with Gasteiger partial charge in [-0.05, 0) is 30.2 Å². The number of anilines is 1. The van der Waals surface area contributed by atoms with Crippen molar-refractivity contribution < 1.29 is 13.2 Å². The summed E-state index contributed by atoms with van der Waals surface area (Å²) in [7, 11) is 0. The zero-order valence-electron chi connectivity index (χ0n) is 11.2. The zero-order chi connectivity index (χ0) is 15.2. The van der Waals surface area contributed by atoms with Crippen molar-refractivity contribution in [2.24, 2.45) is 0 Å². The Kier molecular flexibility index (Phi) is 6.07. The molecule has 0 bridgehead atoms. The molecule has 1 heterocycles. The number of halogens is 3. The number of nitrogens with one attached hydrogen (secondary N) is 1. The molecule has 0 spiro atoms. The zero-order valence-corrected chi connectivity index (χ0v) is 12.0. The van der Waals surface area contributed by atoms with Gasteiger partial charge < -0.3 is 5.32 Å². The van der Waals surface area contributed by atoms with E-state index in [1.165, 1.54) is 0 Å². The largest absolute Gasteiger partial charge is 0.441 e. The minimum Gasteiger partial charge on any atom is -0.367 e. The highest BCUT2D eigenvalue weighted by atomic mass is 32.2. The van der Waals surface area contributed by atoms with Gasteiger partial charge in [-0.25, -0.2) is 0 Å². The van der Waals surface area contributed by atoms with Crippen LogP contribution in [0.25, 0.3) is 0 Å². The van der Waals surface area contributed by atoms with Gasteiger partial charge >= 0.3 is 5.51 Å². The number of alkyl halides is 3.